The van der Waals surface area contributed by atoms with E-state index in [1.165, 1.54) is 33.2 Å². The molecule has 6 nitrogen and oxygen atoms in total. The number of anilines is 1. The van der Waals surface area contributed by atoms with Crippen LogP contribution in [0.5, 0.6) is 0 Å². The van der Waals surface area contributed by atoms with Crippen molar-refractivity contribution in [3.63, 3.8) is 0 Å². The monoisotopic (exact) mass is 420 g/mol. The number of nitrogens with zero attached hydrogens (tertiary/aromatic N) is 2. The molecule has 1 aliphatic carbocycles. The summed E-state index contributed by atoms with van der Waals surface area (Å²) < 4.78 is 27.0. The average Bonchev–Trinajstić information content (AvgIpc) is 3.31. The summed E-state index contributed by atoms with van der Waals surface area (Å²) in [5, 5.41) is 3.15. The van der Waals surface area contributed by atoms with Crippen LogP contribution in [-0.4, -0.2) is 38.3 Å². The van der Waals surface area contributed by atoms with Crippen molar-refractivity contribution in [1.29, 1.82) is 0 Å². The molecule has 0 unspecified atom stereocenters. The summed E-state index contributed by atoms with van der Waals surface area (Å²) in [4.78, 5) is 5.36. The van der Waals surface area contributed by atoms with Crippen molar-refractivity contribution in [3.05, 3.63) is 46.3 Å². The maximum atomic E-state index is 12.6. The third kappa shape index (κ3) is 4.74. The van der Waals surface area contributed by atoms with Gasteiger partial charge in [-0.1, -0.05) is 19.9 Å². The van der Waals surface area contributed by atoms with Crippen LogP contribution in [0.4, 0.5) is 5.69 Å². The number of guanidine groups is 1. The number of nitrogens with one attached hydrogen (secondary N) is 1. The molecule has 0 bridgehead atoms. The normalized spacial score (nSPS) is 14.5. The van der Waals surface area contributed by atoms with Crippen LogP contribution in [0.3, 0.4) is 0 Å². The van der Waals surface area contributed by atoms with Crippen LogP contribution in [0.15, 0.2) is 39.5 Å². The van der Waals surface area contributed by atoms with Gasteiger partial charge in [0.2, 0.25) is 0 Å². The number of aryl methyl sites for hydroxylation is 2. The Morgan fingerprint density at radius 2 is 1.93 bits per heavy atom. The maximum absolute atomic E-state index is 12.6. The van der Waals surface area contributed by atoms with Crippen molar-refractivity contribution in [2.45, 2.75) is 43.7 Å². The molecule has 2 aromatic rings. The average molecular weight is 421 g/mol. The van der Waals surface area contributed by atoms with Crippen LogP contribution in [0.1, 0.15) is 36.3 Å². The minimum absolute atomic E-state index is 0.380. The Labute approximate surface area is 171 Å². The third-order valence-corrected chi connectivity index (χ3v) is 8.61. The van der Waals surface area contributed by atoms with Crippen molar-refractivity contribution in [3.8, 4) is 0 Å². The van der Waals surface area contributed by atoms with E-state index >= 15 is 0 Å². The molecule has 1 aromatic heterocycles. The third-order valence-electron chi connectivity index (χ3n) is 4.95. The lowest BCUT2D eigenvalue weighted by molar-refractivity contribution is 0.447. The first-order chi connectivity index (χ1) is 13.4. The highest BCUT2D eigenvalue weighted by molar-refractivity contribution is 7.91. The molecule has 8 heteroatoms. The molecule has 1 aliphatic rings. The second kappa shape index (κ2) is 9.07. The fourth-order valence-electron chi connectivity index (χ4n) is 3.45. The maximum Gasteiger partial charge on any atom is 0.252 e. The molecular formula is C20H28N4O2S2. The first-order valence-electron chi connectivity index (χ1n) is 9.71. The number of thiophene rings is 1. The molecule has 152 valence electrons. The quantitative estimate of drug-likeness (QED) is 0.507. The minimum atomic E-state index is -3.39. The molecule has 0 spiro atoms. The molecule has 3 rings (SSSR count). The predicted molar refractivity (Wildman–Crippen MR) is 117 cm³/mol. The molecule has 0 fully saturated rings. The van der Waals surface area contributed by atoms with Crippen LogP contribution >= 0.6 is 11.3 Å². The zero-order valence-corrected chi connectivity index (χ0v) is 18.1. The number of hydrogen-bond donors (Lipinski definition) is 2. The van der Waals surface area contributed by atoms with Gasteiger partial charge in [-0.05, 0) is 54.7 Å². The van der Waals surface area contributed by atoms with E-state index in [0.717, 1.165) is 23.4 Å². The van der Waals surface area contributed by atoms with E-state index in [0.29, 0.717) is 36.2 Å². The van der Waals surface area contributed by atoms with Crippen LogP contribution in [0, 0.1) is 0 Å². The van der Waals surface area contributed by atoms with Crippen LogP contribution in [0.25, 0.3) is 0 Å². The predicted octanol–water partition coefficient (Wildman–Crippen LogP) is 3.24. The second-order valence-corrected chi connectivity index (χ2v) is 10.1. The first kappa shape index (κ1) is 20.8. The Kier molecular flexibility index (Phi) is 6.74. The van der Waals surface area contributed by atoms with E-state index < -0.39 is 10.0 Å². The summed E-state index contributed by atoms with van der Waals surface area (Å²) in [5.74, 6) is 0.380. The lowest BCUT2D eigenvalue weighted by Gasteiger charge is -2.16. The molecule has 1 aromatic carbocycles. The van der Waals surface area contributed by atoms with Gasteiger partial charge in [0.05, 0.1) is 0 Å². The lowest BCUT2D eigenvalue weighted by Crippen LogP contribution is -2.29. The Balaban J connectivity index is 1.56. The molecular weight excluding hydrogens is 392 g/mol. The van der Waals surface area contributed by atoms with Gasteiger partial charge >= 0.3 is 0 Å². The molecule has 0 saturated carbocycles. The Bertz CT molecular complexity index is 947. The van der Waals surface area contributed by atoms with Crippen molar-refractivity contribution >= 4 is 33.0 Å². The fourth-order valence-corrected chi connectivity index (χ4v) is 6.40. The SMILES string of the molecule is CCN(CC)S(=O)(=O)c1ccc(CCN=C(N)Nc2ccc3c(c2)CCC3)s1. The number of hydrogen-bond acceptors (Lipinski definition) is 4. The molecule has 1 heterocycles. The Hall–Kier alpha value is -1.90. The summed E-state index contributed by atoms with van der Waals surface area (Å²) in [6, 6.07) is 9.89. The number of aliphatic imine (C=N–C) groups is 1. The van der Waals surface area contributed by atoms with Gasteiger partial charge in [0.15, 0.2) is 5.96 Å². The van der Waals surface area contributed by atoms with Gasteiger partial charge in [0.25, 0.3) is 10.0 Å². The number of sulfonamides is 1. The summed E-state index contributed by atoms with van der Waals surface area (Å²) in [6.07, 6.45) is 4.16. The van der Waals surface area contributed by atoms with Gasteiger partial charge in [-0.2, -0.15) is 4.31 Å². The Morgan fingerprint density at radius 3 is 2.68 bits per heavy atom. The van der Waals surface area contributed by atoms with E-state index in [9.17, 15) is 8.42 Å². The van der Waals surface area contributed by atoms with E-state index in [-0.39, 0.29) is 0 Å². The summed E-state index contributed by atoms with van der Waals surface area (Å²) >= 11 is 1.31. The highest BCUT2D eigenvalue weighted by Gasteiger charge is 2.23. The molecule has 0 radical (unpaired) electrons. The number of fused-ring (bicyclic) bond motifs is 1. The second-order valence-electron chi connectivity index (χ2n) is 6.79. The van der Waals surface area contributed by atoms with E-state index in [4.69, 9.17) is 5.73 Å². The van der Waals surface area contributed by atoms with Gasteiger partial charge in [0, 0.05) is 36.6 Å². The molecule has 0 atom stereocenters. The van der Waals surface area contributed by atoms with Gasteiger partial charge < -0.3 is 11.1 Å². The summed E-state index contributed by atoms with van der Waals surface area (Å²) in [5.41, 5.74) is 9.78. The standard InChI is InChI=1S/C20H28N4O2S2/c1-3-24(4-2)28(25,26)19-11-10-18(27-19)12-13-22-20(21)23-17-9-8-15-6-5-7-16(15)14-17/h8-11,14H,3-7,12-13H2,1-2H3,(H3,21,22,23). The van der Waals surface area contributed by atoms with Crippen molar-refractivity contribution < 1.29 is 8.42 Å². The van der Waals surface area contributed by atoms with Crippen molar-refractivity contribution in [2.75, 3.05) is 25.0 Å². The van der Waals surface area contributed by atoms with Crippen molar-refractivity contribution in [2.24, 2.45) is 10.7 Å². The molecule has 0 saturated heterocycles. The molecule has 3 N–H and O–H groups in total. The summed E-state index contributed by atoms with van der Waals surface area (Å²) in [7, 11) is -3.39. The first-order valence-corrected chi connectivity index (χ1v) is 12.0. The fraction of sp³-hybridized carbons (Fsp3) is 0.450. The van der Waals surface area contributed by atoms with Crippen LogP contribution < -0.4 is 11.1 Å². The highest BCUT2D eigenvalue weighted by atomic mass is 32.2. The van der Waals surface area contributed by atoms with Gasteiger partial charge in [-0.15, -0.1) is 11.3 Å². The minimum Gasteiger partial charge on any atom is -0.370 e. The summed E-state index contributed by atoms with van der Waals surface area (Å²) in [6.45, 7) is 5.15. The molecule has 28 heavy (non-hydrogen) atoms. The molecule has 0 amide bonds. The Morgan fingerprint density at radius 1 is 1.18 bits per heavy atom. The van der Waals surface area contributed by atoms with E-state index in [1.807, 2.05) is 26.0 Å². The number of nitrogens with two attached hydrogens (primary N) is 1. The number of rotatable bonds is 8. The molecule has 0 aliphatic heterocycles. The highest BCUT2D eigenvalue weighted by Crippen LogP contribution is 2.26. The largest absolute Gasteiger partial charge is 0.370 e. The van der Waals surface area contributed by atoms with Gasteiger partial charge in [-0.3, -0.25) is 4.99 Å². The zero-order valence-electron chi connectivity index (χ0n) is 16.4. The smallest absolute Gasteiger partial charge is 0.252 e. The topological polar surface area (TPSA) is 87.8 Å². The lowest BCUT2D eigenvalue weighted by atomic mass is 10.1. The van der Waals surface area contributed by atoms with Gasteiger partial charge in [0.1, 0.15) is 4.21 Å². The van der Waals surface area contributed by atoms with Crippen molar-refractivity contribution in [1.82, 2.24) is 4.31 Å². The zero-order chi connectivity index (χ0) is 20.1. The van der Waals surface area contributed by atoms with Gasteiger partial charge in [-0.25, -0.2) is 8.42 Å². The van der Waals surface area contributed by atoms with E-state index in [1.54, 1.807) is 6.07 Å². The van der Waals surface area contributed by atoms with Crippen LogP contribution in [0.2, 0.25) is 0 Å². The van der Waals surface area contributed by atoms with E-state index in [2.05, 4.69) is 22.4 Å². The number of benzene rings is 1. The van der Waals surface area contributed by atoms with Crippen LogP contribution in [-0.2, 0) is 29.3 Å².